The molecule has 4 aromatic rings. The van der Waals surface area contributed by atoms with Gasteiger partial charge in [-0.15, -0.1) is 0 Å². The molecule has 0 N–H and O–H groups in total. The number of benzene rings is 1. The lowest BCUT2D eigenvalue weighted by molar-refractivity contribution is -0.0390. The molecule has 0 bridgehead atoms. The van der Waals surface area contributed by atoms with E-state index in [1.165, 1.54) is 6.42 Å². The summed E-state index contributed by atoms with van der Waals surface area (Å²) in [6.45, 7) is 2.84. The van der Waals surface area contributed by atoms with Crippen molar-refractivity contribution in [3.63, 3.8) is 0 Å². The van der Waals surface area contributed by atoms with Crippen LogP contribution in [0.3, 0.4) is 0 Å². The topological polar surface area (TPSA) is 67.0 Å². The van der Waals surface area contributed by atoms with Crippen LogP contribution in [0.25, 0.3) is 31.8 Å². The molecule has 140 valence electrons. The van der Waals surface area contributed by atoms with E-state index in [9.17, 15) is 0 Å². The van der Waals surface area contributed by atoms with Gasteiger partial charge in [0.25, 0.3) is 0 Å². The Morgan fingerprint density at radius 3 is 2.89 bits per heavy atom. The Bertz CT molecular complexity index is 1100. The molecule has 0 radical (unpaired) electrons. The van der Waals surface area contributed by atoms with E-state index in [4.69, 9.17) is 19.6 Å². The number of hydrogen-bond donors (Lipinski definition) is 0. The summed E-state index contributed by atoms with van der Waals surface area (Å²) in [5, 5.41) is 11.3. The summed E-state index contributed by atoms with van der Waals surface area (Å²) in [5.74, 6) is 0.820. The van der Waals surface area contributed by atoms with Crippen LogP contribution in [0.5, 0.6) is 5.75 Å². The highest BCUT2D eigenvalue weighted by Gasteiger charge is 2.21. The van der Waals surface area contributed by atoms with Crippen molar-refractivity contribution in [3.8, 4) is 16.3 Å². The number of hydrogen-bond acceptors (Lipinski definition) is 6. The van der Waals surface area contributed by atoms with Crippen LogP contribution in [-0.4, -0.2) is 38.3 Å². The lowest BCUT2D eigenvalue weighted by Gasteiger charge is -2.22. The van der Waals surface area contributed by atoms with E-state index in [2.05, 4.69) is 11.2 Å². The Kier molecular flexibility index (Phi) is 3.91. The van der Waals surface area contributed by atoms with Gasteiger partial charge in [0.1, 0.15) is 22.5 Å². The maximum absolute atomic E-state index is 5.83. The van der Waals surface area contributed by atoms with E-state index in [-0.39, 0.29) is 6.23 Å². The van der Waals surface area contributed by atoms with Crippen LogP contribution in [-0.2, 0) is 11.8 Å². The zero-order valence-corrected chi connectivity index (χ0v) is 16.4. The number of methoxy groups -OCH3 is 1. The van der Waals surface area contributed by atoms with Crippen molar-refractivity contribution in [2.45, 2.75) is 32.4 Å². The van der Waals surface area contributed by atoms with Gasteiger partial charge in [-0.3, -0.25) is 4.68 Å². The van der Waals surface area contributed by atoms with Crippen LogP contribution in [0.2, 0.25) is 0 Å². The van der Waals surface area contributed by atoms with Crippen molar-refractivity contribution >= 4 is 32.6 Å². The molecule has 4 heterocycles. The molecule has 1 saturated heterocycles. The van der Waals surface area contributed by atoms with E-state index >= 15 is 0 Å². The van der Waals surface area contributed by atoms with Crippen LogP contribution >= 0.6 is 11.3 Å². The number of aryl methyl sites for hydroxylation is 2. The number of rotatable bonds is 3. The summed E-state index contributed by atoms with van der Waals surface area (Å²) in [5.41, 5.74) is 3.87. The van der Waals surface area contributed by atoms with Gasteiger partial charge in [-0.05, 0) is 32.3 Å². The van der Waals surface area contributed by atoms with Crippen molar-refractivity contribution < 1.29 is 9.47 Å². The Balaban J connectivity index is 1.59. The van der Waals surface area contributed by atoms with E-state index in [0.29, 0.717) is 0 Å². The average molecular weight is 383 g/mol. The van der Waals surface area contributed by atoms with Crippen molar-refractivity contribution in [2.24, 2.45) is 7.05 Å². The smallest absolute Gasteiger partial charge is 0.166 e. The summed E-state index contributed by atoms with van der Waals surface area (Å²) in [6, 6.07) is 2.10. The lowest BCUT2D eigenvalue weighted by Crippen LogP contribution is -2.18. The highest BCUT2D eigenvalue weighted by molar-refractivity contribution is 7.21. The van der Waals surface area contributed by atoms with Gasteiger partial charge in [0.15, 0.2) is 4.83 Å². The first-order chi connectivity index (χ1) is 13.1. The zero-order valence-electron chi connectivity index (χ0n) is 15.6. The fourth-order valence-corrected chi connectivity index (χ4v) is 4.72. The summed E-state index contributed by atoms with van der Waals surface area (Å²) in [4.78, 5) is 5.76. The lowest BCUT2D eigenvalue weighted by atomic mass is 10.1. The molecule has 0 spiro atoms. The van der Waals surface area contributed by atoms with Gasteiger partial charge in [0, 0.05) is 30.8 Å². The van der Waals surface area contributed by atoms with Gasteiger partial charge in [-0.25, -0.2) is 9.67 Å². The Morgan fingerprint density at radius 1 is 1.26 bits per heavy atom. The largest absolute Gasteiger partial charge is 0.496 e. The molecule has 1 aliphatic heterocycles. The Labute approximate surface area is 160 Å². The fourth-order valence-electron chi connectivity index (χ4n) is 3.79. The predicted molar refractivity (Wildman–Crippen MR) is 105 cm³/mol. The number of ether oxygens (including phenoxy) is 2. The molecule has 0 amide bonds. The summed E-state index contributed by atoms with van der Waals surface area (Å²) in [7, 11) is 3.62. The first-order valence-electron chi connectivity index (χ1n) is 9.12. The molecule has 0 aliphatic carbocycles. The van der Waals surface area contributed by atoms with Crippen LogP contribution < -0.4 is 4.74 Å². The van der Waals surface area contributed by atoms with Crippen LogP contribution in [0.4, 0.5) is 0 Å². The van der Waals surface area contributed by atoms with E-state index in [0.717, 1.165) is 62.6 Å². The van der Waals surface area contributed by atoms with Crippen LogP contribution in [0.15, 0.2) is 18.5 Å². The molecule has 0 saturated carbocycles. The second-order valence-corrected chi connectivity index (χ2v) is 7.94. The normalized spacial score (nSPS) is 17.8. The number of fused-ring (bicyclic) bond motifs is 2. The first kappa shape index (κ1) is 16.7. The quantitative estimate of drug-likeness (QED) is 0.534. The number of nitrogens with zero attached hydrogens (tertiary/aromatic N) is 5. The van der Waals surface area contributed by atoms with Gasteiger partial charge < -0.3 is 9.47 Å². The maximum atomic E-state index is 5.83. The number of aromatic nitrogens is 5. The molecule has 3 aromatic heterocycles. The predicted octanol–water partition coefficient (Wildman–Crippen LogP) is 4.06. The molecule has 8 heteroatoms. The summed E-state index contributed by atoms with van der Waals surface area (Å²) >= 11 is 1.58. The third kappa shape index (κ3) is 2.71. The Morgan fingerprint density at radius 2 is 2.15 bits per heavy atom. The molecule has 1 atom stereocenters. The molecule has 1 aliphatic rings. The van der Waals surface area contributed by atoms with E-state index in [1.807, 2.05) is 35.7 Å². The standard InChI is InChI=1S/C19H21N5O2S/c1-11-16-12(9-23(2)21-16)8-13(17(11)25-3)18-20-14-10-24(22-19(14)27-18)15-6-4-5-7-26-15/h8-10,15H,4-7H2,1-3H3. The van der Waals surface area contributed by atoms with Crippen molar-refractivity contribution in [1.29, 1.82) is 0 Å². The minimum absolute atomic E-state index is 0.0344. The SMILES string of the molecule is COc1c(-c2nc3cn(C4CCCCO4)nc3s2)cc2cn(C)nc2c1C. The molecule has 7 nitrogen and oxygen atoms in total. The van der Waals surface area contributed by atoms with Crippen LogP contribution in [0.1, 0.15) is 31.1 Å². The van der Waals surface area contributed by atoms with Crippen molar-refractivity contribution in [1.82, 2.24) is 24.5 Å². The third-order valence-electron chi connectivity index (χ3n) is 5.08. The highest BCUT2D eigenvalue weighted by Crippen LogP contribution is 2.40. The first-order valence-corrected chi connectivity index (χ1v) is 9.94. The zero-order chi connectivity index (χ0) is 18.5. The molecule has 1 unspecified atom stereocenters. The monoisotopic (exact) mass is 383 g/mol. The van der Waals surface area contributed by atoms with E-state index < -0.39 is 0 Å². The average Bonchev–Trinajstić information content (AvgIpc) is 3.34. The maximum Gasteiger partial charge on any atom is 0.166 e. The minimum atomic E-state index is 0.0344. The molecular formula is C19H21N5O2S. The minimum Gasteiger partial charge on any atom is -0.496 e. The molecule has 1 aromatic carbocycles. The Hall–Kier alpha value is -2.45. The second-order valence-electron chi connectivity index (χ2n) is 6.96. The summed E-state index contributed by atoms with van der Waals surface area (Å²) < 4.78 is 15.3. The second kappa shape index (κ2) is 6.31. The molecule has 27 heavy (non-hydrogen) atoms. The fraction of sp³-hybridized carbons (Fsp3) is 0.421. The van der Waals surface area contributed by atoms with Gasteiger partial charge >= 0.3 is 0 Å². The molecular weight excluding hydrogens is 362 g/mol. The number of thiazole rings is 1. The van der Waals surface area contributed by atoms with Gasteiger partial charge in [-0.1, -0.05) is 11.3 Å². The highest BCUT2D eigenvalue weighted by atomic mass is 32.1. The van der Waals surface area contributed by atoms with Crippen molar-refractivity contribution in [2.75, 3.05) is 13.7 Å². The van der Waals surface area contributed by atoms with Crippen LogP contribution in [0, 0.1) is 6.92 Å². The van der Waals surface area contributed by atoms with Gasteiger partial charge in [-0.2, -0.15) is 10.2 Å². The van der Waals surface area contributed by atoms with E-state index in [1.54, 1.807) is 18.4 Å². The molecule has 1 fully saturated rings. The molecule has 5 rings (SSSR count). The third-order valence-corrected chi connectivity index (χ3v) is 6.07. The van der Waals surface area contributed by atoms with Crippen molar-refractivity contribution in [3.05, 3.63) is 24.0 Å². The van der Waals surface area contributed by atoms with Gasteiger partial charge in [0.05, 0.1) is 24.4 Å². The summed E-state index contributed by atoms with van der Waals surface area (Å²) in [6.07, 6.45) is 7.36. The van der Waals surface area contributed by atoms with Gasteiger partial charge in [0.2, 0.25) is 0 Å².